The van der Waals surface area contributed by atoms with E-state index in [9.17, 15) is 4.79 Å². The number of carbonyl (C=O) groups excluding carboxylic acids is 1. The highest BCUT2D eigenvalue weighted by atomic mass is 16.6. The van der Waals surface area contributed by atoms with Crippen LogP contribution in [0.4, 0.5) is 0 Å². The zero-order valence-corrected chi connectivity index (χ0v) is 10.2. The van der Waals surface area contributed by atoms with Gasteiger partial charge in [-0.2, -0.15) is 0 Å². The Morgan fingerprint density at radius 2 is 1.82 bits per heavy atom. The first-order chi connectivity index (χ1) is 7.95. The van der Waals surface area contributed by atoms with Crippen LogP contribution in [-0.4, -0.2) is 11.6 Å². The van der Waals surface area contributed by atoms with E-state index in [2.05, 4.69) is 5.92 Å². The van der Waals surface area contributed by atoms with Crippen LogP contribution >= 0.6 is 0 Å². The molecule has 0 aromatic heterocycles. The van der Waals surface area contributed by atoms with Gasteiger partial charge in [-0.15, -0.1) is 6.42 Å². The smallest absolute Gasteiger partial charge is 0.335 e. The van der Waals surface area contributed by atoms with Crippen LogP contribution in [0.15, 0.2) is 29.8 Å². The fourth-order valence-electron chi connectivity index (χ4n) is 2.21. The maximum absolute atomic E-state index is 11.6. The Balaban J connectivity index is 2.52. The largest absolute Gasteiger partial charge is 0.451 e. The monoisotopic (exact) mass is 226 g/mol. The maximum Gasteiger partial charge on any atom is 0.335 e. The minimum absolute atomic E-state index is 0.244. The minimum Gasteiger partial charge on any atom is -0.451 e. The van der Waals surface area contributed by atoms with E-state index in [1.54, 1.807) is 6.92 Å². The van der Waals surface area contributed by atoms with E-state index in [0.29, 0.717) is 5.57 Å². The number of benzene rings is 1. The van der Waals surface area contributed by atoms with E-state index in [-0.39, 0.29) is 5.97 Å². The lowest BCUT2D eigenvalue weighted by Gasteiger charge is -2.21. The molecule has 0 radical (unpaired) electrons. The van der Waals surface area contributed by atoms with Crippen LogP contribution < -0.4 is 0 Å². The Labute approximate surface area is 101 Å². The van der Waals surface area contributed by atoms with Crippen molar-refractivity contribution in [3.05, 3.63) is 41.0 Å². The molecule has 2 nitrogen and oxygen atoms in total. The summed E-state index contributed by atoms with van der Waals surface area (Å²) < 4.78 is 5.33. The van der Waals surface area contributed by atoms with Gasteiger partial charge < -0.3 is 4.74 Å². The van der Waals surface area contributed by atoms with Gasteiger partial charge in [-0.1, -0.05) is 18.1 Å². The highest BCUT2D eigenvalue weighted by Gasteiger charge is 2.38. The summed E-state index contributed by atoms with van der Waals surface area (Å²) >= 11 is 0. The molecule has 0 aliphatic carbocycles. The molecule has 0 saturated carbocycles. The molecule has 1 aliphatic heterocycles. The fourth-order valence-corrected chi connectivity index (χ4v) is 2.21. The van der Waals surface area contributed by atoms with Gasteiger partial charge in [-0.05, 0) is 38.5 Å². The Morgan fingerprint density at radius 3 is 2.24 bits per heavy atom. The third-order valence-electron chi connectivity index (χ3n) is 2.97. The Bertz CT molecular complexity index is 539. The van der Waals surface area contributed by atoms with Crippen LogP contribution in [0, 0.1) is 12.3 Å². The molecule has 86 valence electrons. The molecular weight excluding hydrogens is 212 g/mol. The van der Waals surface area contributed by atoms with Crippen molar-refractivity contribution in [1.29, 1.82) is 0 Å². The minimum atomic E-state index is -0.571. The van der Waals surface area contributed by atoms with Gasteiger partial charge in [-0.25, -0.2) is 4.79 Å². The number of terminal acetylenes is 1. The van der Waals surface area contributed by atoms with E-state index in [4.69, 9.17) is 11.2 Å². The molecule has 0 spiro atoms. The third-order valence-corrected chi connectivity index (χ3v) is 2.97. The Morgan fingerprint density at radius 1 is 1.24 bits per heavy atom. The van der Waals surface area contributed by atoms with Gasteiger partial charge in [0.1, 0.15) is 5.60 Å². The van der Waals surface area contributed by atoms with E-state index in [1.165, 1.54) is 0 Å². The zero-order valence-electron chi connectivity index (χ0n) is 10.2. The molecule has 0 unspecified atom stereocenters. The van der Waals surface area contributed by atoms with Gasteiger partial charge in [0, 0.05) is 16.7 Å². The second-order valence-corrected chi connectivity index (χ2v) is 4.62. The number of hydrogen-bond donors (Lipinski definition) is 0. The lowest BCUT2D eigenvalue weighted by molar-refractivity contribution is -0.143. The van der Waals surface area contributed by atoms with Crippen LogP contribution in [0.2, 0.25) is 0 Å². The van der Waals surface area contributed by atoms with Gasteiger partial charge in [0.2, 0.25) is 0 Å². The first-order valence-electron chi connectivity index (χ1n) is 5.47. The van der Waals surface area contributed by atoms with E-state index < -0.39 is 5.60 Å². The fraction of sp³-hybridized carbons (Fsp3) is 0.267. The Kier molecular flexibility index (Phi) is 2.55. The van der Waals surface area contributed by atoms with E-state index in [1.807, 2.05) is 38.1 Å². The predicted octanol–water partition coefficient (Wildman–Crippen LogP) is 2.78. The molecule has 1 aliphatic rings. The predicted molar refractivity (Wildman–Crippen MR) is 67.1 cm³/mol. The van der Waals surface area contributed by atoms with Gasteiger partial charge in [0.15, 0.2) is 0 Å². The van der Waals surface area contributed by atoms with Crippen LogP contribution in [0.1, 0.15) is 31.9 Å². The molecule has 0 amide bonds. The average Bonchev–Trinajstić information content (AvgIpc) is 2.48. The van der Waals surface area contributed by atoms with Crippen molar-refractivity contribution in [1.82, 2.24) is 0 Å². The summed E-state index contributed by atoms with van der Waals surface area (Å²) in [6, 6.07) is 7.60. The Hall–Kier alpha value is -2.01. The number of ether oxygens (including phenoxy) is 1. The van der Waals surface area contributed by atoms with Crippen molar-refractivity contribution in [2.45, 2.75) is 26.4 Å². The molecule has 17 heavy (non-hydrogen) atoms. The van der Waals surface area contributed by atoms with Gasteiger partial charge in [0.05, 0.1) is 0 Å². The van der Waals surface area contributed by atoms with Crippen LogP contribution in [0.25, 0.3) is 5.57 Å². The zero-order chi connectivity index (χ0) is 12.6. The van der Waals surface area contributed by atoms with E-state index in [0.717, 1.165) is 16.7 Å². The summed E-state index contributed by atoms with van der Waals surface area (Å²) in [4.78, 5) is 11.6. The van der Waals surface area contributed by atoms with Crippen molar-refractivity contribution in [2.24, 2.45) is 0 Å². The standard InChI is InChI=1S/C15H14O2/c1-5-11-6-8-12(9-7-11)13-10(2)14(16)17-15(13,3)4/h1,6-9H,2-4H3. The summed E-state index contributed by atoms with van der Waals surface area (Å²) in [7, 11) is 0. The molecular formula is C15H14O2. The molecule has 2 heteroatoms. The number of rotatable bonds is 1. The third kappa shape index (κ3) is 1.85. The van der Waals surface area contributed by atoms with Gasteiger partial charge in [0.25, 0.3) is 0 Å². The van der Waals surface area contributed by atoms with Gasteiger partial charge >= 0.3 is 5.97 Å². The second kappa shape index (κ2) is 3.78. The number of hydrogen-bond acceptors (Lipinski definition) is 2. The summed E-state index contributed by atoms with van der Waals surface area (Å²) in [6.07, 6.45) is 5.32. The number of esters is 1. The lowest BCUT2D eigenvalue weighted by Crippen LogP contribution is -2.22. The molecule has 0 atom stereocenters. The molecule has 0 fully saturated rings. The van der Waals surface area contributed by atoms with Crippen LogP contribution in [0.5, 0.6) is 0 Å². The van der Waals surface area contributed by atoms with Crippen molar-refractivity contribution in [2.75, 3.05) is 0 Å². The first kappa shape index (κ1) is 11.5. The highest BCUT2D eigenvalue weighted by Crippen LogP contribution is 2.39. The highest BCUT2D eigenvalue weighted by molar-refractivity contribution is 6.03. The molecule has 1 heterocycles. The van der Waals surface area contributed by atoms with Gasteiger partial charge in [-0.3, -0.25) is 0 Å². The topological polar surface area (TPSA) is 26.3 Å². The quantitative estimate of drug-likeness (QED) is 0.543. The first-order valence-corrected chi connectivity index (χ1v) is 5.47. The lowest BCUT2D eigenvalue weighted by atomic mass is 9.89. The summed E-state index contributed by atoms with van der Waals surface area (Å²) in [5.41, 5.74) is 2.85. The van der Waals surface area contributed by atoms with Crippen molar-refractivity contribution in [3.63, 3.8) is 0 Å². The van der Waals surface area contributed by atoms with Crippen LogP contribution in [-0.2, 0) is 9.53 Å². The van der Waals surface area contributed by atoms with Crippen molar-refractivity contribution in [3.8, 4) is 12.3 Å². The van der Waals surface area contributed by atoms with Crippen molar-refractivity contribution < 1.29 is 9.53 Å². The molecule has 0 saturated heterocycles. The summed E-state index contributed by atoms with van der Waals surface area (Å²) in [6.45, 7) is 5.58. The number of carbonyl (C=O) groups is 1. The van der Waals surface area contributed by atoms with Crippen molar-refractivity contribution >= 4 is 11.5 Å². The molecule has 0 N–H and O–H groups in total. The SMILES string of the molecule is C#Cc1ccc(C2=C(C)C(=O)OC2(C)C)cc1. The molecule has 0 bridgehead atoms. The van der Waals surface area contributed by atoms with Crippen LogP contribution in [0.3, 0.4) is 0 Å². The summed E-state index contributed by atoms with van der Waals surface area (Å²) in [5, 5.41) is 0. The average molecular weight is 226 g/mol. The molecule has 1 aromatic rings. The van der Waals surface area contributed by atoms with E-state index >= 15 is 0 Å². The molecule has 2 rings (SSSR count). The number of cyclic esters (lactones) is 1. The summed E-state index contributed by atoms with van der Waals surface area (Å²) in [5.74, 6) is 2.33. The second-order valence-electron chi connectivity index (χ2n) is 4.62. The molecule has 1 aromatic carbocycles. The maximum atomic E-state index is 11.6. The normalized spacial score (nSPS) is 17.9.